The van der Waals surface area contributed by atoms with E-state index in [1.807, 2.05) is 27.7 Å². The first-order valence-electron chi connectivity index (χ1n) is 11.8. The number of hydrogen-bond acceptors (Lipinski definition) is 4. The van der Waals surface area contributed by atoms with Crippen LogP contribution in [0.1, 0.15) is 52.5 Å². The molecule has 0 saturated carbocycles. The first-order chi connectivity index (χ1) is 16.7. The van der Waals surface area contributed by atoms with Crippen LogP contribution in [0.4, 0.5) is 5.69 Å². The van der Waals surface area contributed by atoms with Crippen molar-refractivity contribution in [2.75, 3.05) is 17.1 Å². The summed E-state index contributed by atoms with van der Waals surface area (Å²) in [5, 5.41) is 3.75. The molecule has 0 aliphatic rings. The predicted molar refractivity (Wildman–Crippen MR) is 147 cm³/mol. The van der Waals surface area contributed by atoms with E-state index in [2.05, 4.69) is 5.32 Å². The van der Waals surface area contributed by atoms with Gasteiger partial charge < -0.3 is 10.2 Å². The number of nitrogens with one attached hydrogen (secondary N) is 1. The van der Waals surface area contributed by atoms with Crippen LogP contribution in [0.2, 0.25) is 10.0 Å². The number of para-hydroxylation sites is 1. The predicted octanol–water partition coefficient (Wildman–Crippen LogP) is 5.26. The van der Waals surface area contributed by atoms with Gasteiger partial charge in [-0.3, -0.25) is 13.9 Å². The monoisotopic (exact) mass is 555 g/mol. The van der Waals surface area contributed by atoms with Crippen LogP contribution in [-0.4, -0.2) is 49.5 Å². The molecule has 2 amide bonds. The number of nitrogens with zero attached hydrogens (tertiary/aromatic N) is 2. The molecule has 198 valence electrons. The van der Waals surface area contributed by atoms with Gasteiger partial charge in [0.15, 0.2) is 0 Å². The van der Waals surface area contributed by atoms with Crippen molar-refractivity contribution < 1.29 is 18.0 Å². The Hall–Kier alpha value is -2.29. The molecule has 7 nitrogen and oxygen atoms in total. The molecule has 2 rings (SSSR count). The van der Waals surface area contributed by atoms with Crippen LogP contribution in [0, 0.1) is 0 Å². The lowest BCUT2D eigenvalue weighted by Crippen LogP contribution is -2.53. The molecule has 0 saturated heterocycles. The molecule has 0 fully saturated rings. The Kier molecular flexibility index (Phi) is 10.6. The minimum absolute atomic E-state index is 0.0419. The van der Waals surface area contributed by atoms with Crippen LogP contribution < -0.4 is 9.62 Å². The Morgan fingerprint density at radius 2 is 1.58 bits per heavy atom. The van der Waals surface area contributed by atoms with Gasteiger partial charge in [0, 0.05) is 40.7 Å². The smallest absolute Gasteiger partial charge is 0.243 e. The van der Waals surface area contributed by atoms with Crippen molar-refractivity contribution in [1.82, 2.24) is 10.2 Å². The molecule has 0 unspecified atom stereocenters. The fourth-order valence-corrected chi connectivity index (χ4v) is 5.31. The number of anilines is 1. The molecule has 0 aliphatic carbocycles. The summed E-state index contributed by atoms with van der Waals surface area (Å²) >= 11 is 12.8. The third-order valence-electron chi connectivity index (χ3n) is 5.47. The Morgan fingerprint density at radius 1 is 1.00 bits per heavy atom. The number of carbonyl (C=O) groups is 2. The zero-order valence-electron chi connectivity index (χ0n) is 21.4. The molecule has 0 aliphatic heterocycles. The van der Waals surface area contributed by atoms with Crippen molar-refractivity contribution in [3.63, 3.8) is 0 Å². The van der Waals surface area contributed by atoms with Crippen LogP contribution in [0.5, 0.6) is 0 Å². The summed E-state index contributed by atoms with van der Waals surface area (Å²) in [5.74, 6) is -0.563. The summed E-state index contributed by atoms with van der Waals surface area (Å²) in [4.78, 5) is 28.1. The minimum atomic E-state index is -3.54. The Labute approximate surface area is 224 Å². The van der Waals surface area contributed by atoms with Crippen molar-refractivity contribution in [3.05, 3.63) is 64.1 Å². The van der Waals surface area contributed by atoms with E-state index in [1.54, 1.807) is 48.5 Å². The molecule has 1 N–H and O–H groups in total. The van der Waals surface area contributed by atoms with Crippen molar-refractivity contribution in [2.24, 2.45) is 0 Å². The van der Waals surface area contributed by atoms with E-state index in [1.165, 1.54) is 9.21 Å². The van der Waals surface area contributed by atoms with Crippen molar-refractivity contribution in [1.29, 1.82) is 0 Å². The van der Waals surface area contributed by atoms with Gasteiger partial charge in [0.2, 0.25) is 21.8 Å². The van der Waals surface area contributed by atoms with E-state index in [0.29, 0.717) is 27.7 Å². The molecule has 0 aromatic heterocycles. The molecule has 2 aromatic carbocycles. The highest BCUT2D eigenvalue weighted by Gasteiger charge is 2.31. The molecular weight excluding hydrogens is 521 g/mol. The van der Waals surface area contributed by atoms with Gasteiger partial charge in [-0.05, 0) is 57.9 Å². The second kappa shape index (κ2) is 12.8. The summed E-state index contributed by atoms with van der Waals surface area (Å²) in [6.07, 6.45) is 1.83. The maximum absolute atomic E-state index is 13.5. The minimum Gasteiger partial charge on any atom is -0.350 e. The number of benzene rings is 2. The number of halogens is 2. The average molecular weight is 557 g/mol. The van der Waals surface area contributed by atoms with Crippen LogP contribution in [0.3, 0.4) is 0 Å². The fraction of sp³-hybridized carbons (Fsp3) is 0.462. The summed E-state index contributed by atoms with van der Waals surface area (Å²) < 4.78 is 26.0. The summed E-state index contributed by atoms with van der Waals surface area (Å²) in [5.41, 5.74) is 0.605. The largest absolute Gasteiger partial charge is 0.350 e. The molecular formula is C26H35Cl2N3O4S. The zero-order chi connectivity index (χ0) is 27.1. The van der Waals surface area contributed by atoms with E-state index < -0.39 is 21.6 Å². The zero-order valence-corrected chi connectivity index (χ0v) is 23.8. The first-order valence-corrected chi connectivity index (χ1v) is 14.4. The van der Waals surface area contributed by atoms with Crippen LogP contribution >= 0.6 is 23.2 Å². The number of hydrogen-bond donors (Lipinski definition) is 1. The highest BCUT2D eigenvalue weighted by Crippen LogP contribution is 2.27. The second-order valence-corrected chi connectivity index (χ2v) is 12.4. The number of rotatable bonds is 11. The van der Waals surface area contributed by atoms with Crippen molar-refractivity contribution >= 4 is 50.7 Å². The maximum atomic E-state index is 13.5. The molecule has 36 heavy (non-hydrogen) atoms. The van der Waals surface area contributed by atoms with Gasteiger partial charge in [-0.15, -0.1) is 0 Å². The van der Waals surface area contributed by atoms with Gasteiger partial charge in [0.25, 0.3) is 0 Å². The van der Waals surface area contributed by atoms with Gasteiger partial charge in [-0.1, -0.05) is 54.4 Å². The third-order valence-corrected chi connectivity index (χ3v) is 7.37. The molecule has 1 atom stereocenters. The van der Waals surface area contributed by atoms with E-state index >= 15 is 0 Å². The number of sulfonamides is 1. The highest BCUT2D eigenvalue weighted by molar-refractivity contribution is 7.92. The van der Waals surface area contributed by atoms with E-state index in [-0.39, 0.29) is 37.7 Å². The van der Waals surface area contributed by atoms with E-state index in [0.717, 1.165) is 6.26 Å². The van der Waals surface area contributed by atoms with Gasteiger partial charge in [-0.2, -0.15) is 0 Å². The van der Waals surface area contributed by atoms with E-state index in [4.69, 9.17) is 23.2 Å². The third kappa shape index (κ3) is 8.68. The average Bonchev–Trinajstić information content (AvgIpc) is 2.77. The van der Waals surface area contributed by atoms with Crippen molar-refractivity contribution in [2.45, 2.75) is 65.1 Å². The van der Waals surface area contributed by atoms with Crippen LogP contribution in [0.15, 0.2) is 48.5 Å². The SMILES string of the molecule is CC[C@@H](C(=O)NC(C)(C)C)N(Cc1c(Cl)cccc1Cl)C(=O)CCCN(c1ccccc1)S(C)(=O)=O. The normalized spacial score (nSPS) is 12.6. The molecule has 0 radical (unpaired) electrons. The molecule has 2 aromatic rings. The lowest BCUT2D eigenvalue weighted by atomic mass is 10.0. The van der Waals surface area contributed by atoms with Gasteiger partial charge >= 0.3 is 0 Å². The first kappa shape index (κ1) is 29.9. The molecule has 0 heterocycles. The number of amides is 2. The second-order valence-electron chi connectivity index (χ2n) is 9.66. The topological polar surface area (TPSA) is 86.8 Å². The standard InChI is InChI=1S/C26H35Cl2N3O4S/c1-6-23(25(33)29-26(2,3)4)30(18-20-21(27)14-10-15-22(20)28)24(32)16-11-17-31(36(5,34)35)19-12-8-7-9-13-19/h7-10,12-15,23H,6,11,16-18H2,1-5H3,(H,29,33)/t23-/m0/s1. The Balaban J connectivity index is 2.28. The van der Waals surface area contributed by atoms with Crippen molar-refractivity contribution in [3.8, 4) is 0 Å². The Morgan fingerprint density at radius 3 is 2.08 bits per heavy atom. The quantitative estimate of drug-likeness (QED) is 0.409. The summed E-state index contributed by atoms with van der Waals surface area (Å²) in [7, 11) is -3.54. The molecule has 10 heteroatoms. The lowest BCUT2D eigenvalue weighted by molar-refractivity contribution is -0.142. The summed E-state index contributed by atoms with van der Waals surface area (Å²) in [6.45, 7) is 7.64. The van der Waals surface area contributed by atoms with E-state index in [9.17, 15) is 18.0 Å². The lowest BCUT2D eigenvalue weighted by Gasteiger charge is -2.33. The van der Waals surface area contributed by atoms with Gasteiger partial charge in [-0.25, -0.2) is 8.42 Å². The maximum Gasteiger partial charge on any atom is 0.243 e. The van der Waals surface area contributed by atoms with Gasteiger partial charge in [0.05, 0.1) is 11.9 Å². The van der Waals surface area contributed by atoms with Gasteiger partial charge in [0.1, 0.15) is 6.04 Å². The molecule has 0 spiro atoms. The molecule has 0 bridgehead atoms. The number of carbonyl (C=O) groups excluding carboxylic acids is 2. The summed E-state index contributed by atoms with van der Waals surface area (Å²) in [6, 6.07) is 13.1. The Bertz CT molecular complexity index is 1130. The van der Waals surface area contributed by atoms with Crippen LogP contribution in [-0.2, 0) is 26.2 Å². The fourth-order valence-electron chi connectivity index (χ4n) is 3.82. The van der Waals surface area contributed by atoms with Crippen LogP contribution in [0.25, 0.3) is 0 Å². The highest BCUT2D eigenvalue weighted by atomic mass is 35.5.